The van der Waals surface area contributed by atoms with Crippen LogP contribution in [0.25, 0.3) is 32.6 Å². The molecule has 3 N–H and O–H groups in total. The minimum absolute atomic E-state index is 0. The molecule has 0 spiro atoms. The van der Waals surface area contributed by atoms with Crippen LogP contribution in [-0.4, -0.2) is 47.4 Å². The number of piperidine rings is 1. The zero-order valence-electron chi connectivity index (χ0n) is 22.0. The number of carboxylic acid groups (broad SMARTS) is 1. The molecule has 200 valence electrons. The monoisotopic (exact) mass is 553 g/mol. The summed E-state index contributed by atoms with van der Waals surface area (Å²) in [6.45, 7) is 2.56. The SMILES string of the molecule is CCNC(=O)Nc1c(C(=O)C2CCNCC2C(=O)[O-])ccc(F)c1-c1cc(-c2ccccn2)c2scnc2c1.[Li+]. The number of ketones is 1. The number of pyridine rings is 1. The number of nitrogens with one attached hydrogen (secondary N) is 3. The van der Waals surface area contributed by atoms with Crippen LogP contribution in [0.1, 0.15) is 23.7 Å². The van der Waals surface area contributed by atoms with Crippen LogP contribution in [0.3, 0.4) is 0 Å². The number of Topliss-reactive ketones (excluding diaryl/α,β-unsaturated/α-hetero) is 1. The summed E-state index contributed by atoms with van der Waals surface area (Å²) in [4.78, 5) is 47.2. The molecule has 2 aromatic heterocycles. The molecule has 0 radical (unpaired) electrons. The largest absolute Gasteiger partial charge is 1.00 e. The minimum Gasteiger partial charge on any atom is -0.550 e. The predicted molar refractivity (Wildman–Crippen MR) is 145 cm³/mol. The number of amides is 2. The van der Waals surface area contributed by atoms with Crippen LogP contribution in [0.2, 0.25) is 0 Å². The summed E-state index contributed by atoms with van der Waals surface area (Å²) in [6.07, 6.45) is 1.92. The number of halogens is 1. The quantitative estimate of drug-likeness (QED) is 0.224. The molecule has 2 aromatic carbocycles. The first kappa shape index (κ1) is 29.4. The van der Waals surface area contributed by atoms with Gasteiger partial charge >= 0.3 is 24.9 Å². The van der Waals surface area contributed by atoms with Gasteiger partial charge in [-0.15, -0.1) is 11.3 Å². The first-order chi connectivity index (χ1) is 18.9. The Kier molecular flexibility index (Phi) is 9.32. The molecule has 1 aliphatic rings. The fourth-order valence-electron chi connectivity index (χ4n) is 4.96. The van der Waals surface area contributed by atoms with E-state index in [9.17, 15) is 19.5 Å². The molecule has 1 fully saturated rings. The van der Waals surface area contributed by atoms with Gasteiger partial charge in [-0.05, 0) is 61.9 Å². The maximum absolute atomic E-state index is 15.7. The van der Waals surface area contributed by atoms with Crippen molar-refractivity contribution in [2.24, 2.45) is 11.8 Å². The number of carbonyl (C=O) groups is 3. The third-order valence-electron chi connectivity index (χ3n) is 6.78. The van der Waals surface area contributed by atoms with Crippen molar-refractivity contribution in [1.29, 1.82) is 0 Å². The second-order valence-electron chi connectivity index (χ2n) is 9.16. The first-order valence-electron chi connectivity index (χ1n) is 12.5. The van der Waals surface area contributed by atoms with Gasteiger partial charge in [-0.3, -0.25) is 9.78 Å². The maximum Gasteiger partial charge on any atom is 1.00 e. The van der Waals surface area contributed by atoms with Crippen molar-refractivity contribution in [3.05, 3.63) is 65.6 Å². The minimum atomic E-state index is -1.34. The van der Waals surface area contributed by atoms with Crippen LogP contribution in [0.15, 0.2) is 54.2 Å². The third kappa shape index (κ3) is 5.78. The van der Waals surface area contributed by atoms with Crippen molar-refractivity contribution in [2.75, 3.05) is 25.0 Å². The molecule has 4 aromatic rings. The Balaban J connectivity index is 0.00000370. The Morgan fingerprint density at radius 1 is 1.15 bits per heavy atom. The number of anilines is 1. The maximum atomic E-state index is 15.7. The van der Waals surface area contributed by atoms with Gasteiger partial charge in [-0.1, -0.05) is 6.07 Å². The normalized spacial score (nSPS) is 16.6. The molecule has 40 heavy (non-hydrogen) atoms. The fraction of sp³-hybridized carbons (Fsp3) is 0.250. The summed E-state index contributed by atoms with van der Waals surface area (Å²) in [7, 11) is 0. The van der Waals surface area contributed by atoms with Crippen molar-refractivity contribution in [2.45, 2.75) is 13.3 Å². The molecule has 5 rings (SSSR count). The number of aromatic nitrogens is 2. The van der Waals surface area contributed by atoms with Crippen molar-refractivity contribution in [1.82, 2.24) is 20.6 Å². The predicted octanol–water partition coefficient (Wildman–Crippen LogP) is 0.468. The van der Waals surface area contributed by atoms with Crippen LogP contribution < -0.4 is 39.9 Å². The average Bonchev–Trinajstić information content (AvgIpc) is 3.42. The molecule has 0 bridgehead atoms. The zero-order valence-corrected chi connectivity index (χ0v) is 22.8. The number of thiazole rings is 1. The van der Waals surface area contributed by atoms with Gasteiger partial charge in [-0.2, -0.15) is 0 Å². The van der Waals surface area contributed by atoms with Crippen LogP contribution in [0, 0.1) is 17.7 Å². The van der Waals surface area contributed by atoms with E-state index in [-0.39, 0.29) is 48.6 Å². The van der Waals surface area contributed by atoms with Gasteiger partial charge in [0.2, 0.25) is 0 Å². The van der Waals surface area contributed by atoms with Crippen LogP contribution in [0.5, 0.6) is 0 Å². The fourth-order valence-corrected chi connectivity index (χ4v) is 5.75. The van der Waals surface area contributed by atoms with Crippen molar-refractivity contribution >= 4 is 45.0 Å². The summed E-state index contributed by atoms with van der Waals surface area (Å²) in [5.41, 5.74) is 4.03. The molecule has 2 amide bonds. The van der Waals surface area contributed by atoms with Crippen LogP contribution in [0.4, 0.5) is 14.9 Å². The number of carbonyl (C=O) groups excluding carboxylic acids is 3. The zero-order chi connectivity index (χ0) is 27.5. The summed E-state index contributed by atoms with van der Waals surface area (Å²) in [5, 5.41) is 20.1. The Labute approximate surface area is 245 Å². The van der Waals surface area contributed by atoms with E-state index < -0.39 is 35.4 Å². The van der Waals surface area contributed by atoms with Crippen molar-refractivity contribution < 1.29 is 42.7 Å². The summed E-state index contributed by atoms with van der Waals surface area (Å²) < 4.78 is 16.5. The van der Waals surface area contributed by atoms with Crippen LogP contribution in [-0.2, 0) is 4.79 Å². The number of hydrogen-bond acceptors (Lipinski definition) is 8. The number of hydrogen-bond donors (Lipinski definition) is 3. The molecule has 0 aliphatic carbocycles. The van der Waals surface area contributed by atoms with E-state index in [1.807, 2.05) is 12.1 Å². The molecular formula is C28H25FLiN5O4S. The second kappa shape index (κ2) is 12.7. The molecule has 1 saturated heterocycles. The number of fused-ring (bicyclic) bond motifs is 1. The van der Waals surface area contributed by atoms with Crippen molar-refractivity contribution in [3.63, 3.8) is 0 Å². The Hall–Kier alpha value is -3.62. The molecule has 2 atom stereocenters. The molecule has 9 nitrogen and oxygen atoms in total. The topological polar surface area (TPSA) is 136 Å². The van der Waals surface area contributed by atoms with E-state index in [1.54, 1.807) is 36.8 Å². The average molecular weight is 554 g/mol. The summed E-state index contributed by atoms with van der Waals surface area (Å²) in [5.74, 6) is -4.45. The number of urea groups is 1. The van der Waals surface area contributed by atoms with Crippen molar-refractivity contribution in [3.8, 4) is 22.4 Å². The molecule has 0 saturated carbocycles. The Morgan fingerprint density at radius 2 is 1.98 bits per heavy atom. The number of rotatable bonds is 7. The van der Waals surface area contributed by atoms with Gasteiger partial charge in [0.05, 0.1) is 27.1 Å². The number of benzene rings is 2. The molecule has 1 aliphatic heterocycles. The Morgan fingerprint density at radius 3 is 2.70 bits per heavy atom. The van der Waals surface area contributed by atoms with E-state index in [0.717, 1.165) is 16.3 Å². The number of nitrogens with zero attached hydrogens (tertiary/aromatic N) is 2. The third-order valence-corrected chi connectivity index (χ3v) is 7.65. The summed E-state index contributed by atoms with van der Waals surface area (Å²) >= 11 is 1.42. The van der Waals surface area contributed by atoms with E-state index >= 15 is 4.39 Å². The van der Waals surface area contributed by atoms with Gasteiger partial charge in [0.1, 0.15) is 5.82 Å². The van der Waals surface area contributed by atoms with Gasteiger partial charge < -0.3 is 25.9 Å². The van der Waals surface area contributed by atoms with Gasteiger partial charge in [0, 0.05) is 53.8 Å². The van der Waals surface area contributed by atoms with E-state index in [0.29, 0.717) is 29.9 Å². The number of carboxylic acids is 1. The van der Waals surface area contributed by atoms with E-state index in [4.69, 9.17) is 0 Å². The second-order valence-corrected chi connectivity index (χ2v) is 10.0. The van der Waals surface area contributed by atoms with Crippen LogP contribution >= 0.6 is 11.3 Å². The smallest absolute Gasteiger partial charge is 0.550 e. The summed E-state index contributed by atoms with van der Waals surface area (Å²) in [6, 6.07) is 10.7. The number of aliphatic carboxylic acids is 1. The molecule has 2 unspecified atom stereocenters. The molecule has 3 heterocycles. The standard InChI is InChI=1S/C28H26FN5O4S.Li/c1-2-31-28(38)34-24-17(25(35)16-8-10-30-13-19(16)27(36)37)6-7-20(29)23(24)15-11-18(21-5-3-4-9-32-21)26-22(12-15)33-14-39-26;/h3-7,9,11-12,14,16,19,30H,2,8,10,13H2,1H3,(H,36,37)(H2,31,34,38);/q;+1/p-1. The van der Waals surface area contributed by atoms with Gasteiger partial charge in [0.25, 0.3) is 0 Å². The van der Waals surface area contributed by atoms with E-state index in [1.165, 1.54) is 17.4 Å². The Bertz CT molecular complexity index is 1570. The van der Waals surface area contributed by atoms with E-state index in [2.05, 4.69) is 25.9 Å². The molecule has 12 heteroatoms. The van der Waals surface area contributed by atoms with Gasteiger partial charge in [0.15, 0.2) is 5.78 Å². The molecular weight excluding hydrogens is 528 g/mol. The van der Waals surface area contributed by atoms with Gasteiger partial charge in [-0.25, -0.2) is 14.2 Å². The first-order valence-corrected chi connectivity index (χ1v) is 13.4.